The summed E-state index contributed by atoms with van der Waals surface area (Å²) in [5.41, 5.74) is 2.05. The highest BCUT2D eigenvalue weighted by molar-refractivity contribution is 6.35. The van der Waals surface area contributed by atoms with Crippen LogP contribution in [0.2, 0.25) is 10.0 Å². The molecule has 0 unspecified atom stereocenters. The topological polar surface area (TPSA) is 57.8 Å². The summed E-state index contributed by atoms with van der Waals surface area (Å²) < 4.78 is 0. The summed E-state index contributed by atoms with van der Waals surface area (Å²) in [6.07, 6.45) is 2.94. The summed E-state index contributed by atoms with van der Waals surface area (Å²) in [5, 5.41) is 4.34. The molecule has 4 nitrogen and oxygen atoms in total. The van der Waals surface area contributed by atoms with Crippen molar-refractivity contribution in [2.24, 2.45) is 0 Å². The van der Waals surface area contributed by atoms with E-state index in [0.717, 1.165) is 36.9 Å². The number of hydrogen-bond donors (Lipinski definition) is 2. The van der Waals surface area contributed by atoms with Gasteiger partial charge in [-0.25, -0.2) is 4.79 Å². The third-order valence-corrected chi connectivity index (χ3v) is 3.94. The minimum absolute atomic E-state index is 0.385. The number of halogens is 2. The number of aromatic nitrogens is 2. The molecule has 104 valence electrons. The molecule has 0 radical (unpaired) electrons. The Morgan fingerprint density at radius 3 is 2.90 bits per heavy atom. The first kappa shape index (κ1) is 13.5. The van der Waals surface area contributed by atoms with Crippen molar-refractivity contribution in [2.45, 2.75) is 19.3 Å². The van der Waals surface area contributed by atoms with E-state index in [-0.39, 0.29) is 5.69 Å². The molecule has 0 fully saturated rings. The van der Waals surface area contributed by atoms with Crippen molar-refractivity contribution in [2.75, 3.05) is 11.9 Å². The summed E-state index contributed by atoms with van der Waals surface area (Å²) in [4.78, 5) is 18.6. The number of hydrogen-bond acceptors (Lipinski definition) is 3. The average molecular weight is 310 g/mol. The molecule has 0 saturated heterocycles. The molecule has 0 spiro atoms. The van der Waals surface area contributed by atoms with E-state index in [9.17, 15) is 4.79 Å². The molecule has 2 heterocycles. The fraction of sp³-hybridized carbons (Fsp3) is 0.286. The van der Waals surface area contributed by atoms with Gasteiger partial charge in [0.25, 0.3) is 0 Å². The van der Waals surface area contributed by atoms with Gasteiger partial charge in [0.05, 0.1) is 5.69 Å². The second-order valence-corrected chi connectivity index (χ2v) is 5.60. The minimum atomic E-state index is -0.385. The molecule has 1 aromatic heterocycles. The van der Waals surface area contributed by atoms with Crippen molar-refractivity contribution >= 4 is 29.0 Å². The fourth-order valence-electron chi connectivity index (χ4n) is 2.44. The van der Waals surface area contributed by atoms with Crippen LogP contribution in [0.5, 0.6) is 0 Å². The number of H-pyrrole nitrogens is 1. The van der Waals surface area contributed by atoms with E-state index in [1.165, 1.54) is 0 Å². The van der Waals surface area contributed by atoms with Gasteiger partial charge in [0.1, 0.15) is 5.82 Å². The number of rotatable bonds is 1. The molecule has 0 bridgehead atoms. The van der Waals surface area contributed by atoms with Gasteiger partial charge in [0.2, 0.25) is 0 Å². The van der Waals surface area contributed by atoms with Gasteiger partial charge in [-0.1, -0.05) is 23.2 Å². The molecule has 1 aliphatic heterocycles. The lowest BCUT2D eigenvalue weighted by Gasteiger charge is -2.13. The first-order chi connectivity index (χ1) is 9.65. The standard InChI is InChI=1S/C14H13Cl2N3O/c15-8-4-5-11(16)10(7-8)12-9-3-1-2-6-17-13(9)19-14(20)18-12/h4-5,7H,1-3,6H2,(H2,17,18,19,20). The highest BCUT2D eigenvalue weighted by atomic mass is 35.5. The van der Waals surface area contributed by atoms with Gasteiger partial charge >= 0.3 is 5.69 Å². The molecule has 1 aromatic carbocycles. The molecule has 2 aromatic rings. The molecule has 1 aliphatic rings. The predicted octanol–water partition coefficient (Wildman–Crippen LogP) is 3.49. The van der Waals surface area contributed by atoms with E-state index in [0.29, 0.717) is 21.6 Å². The molecule has 6 heteroatoms. The monoisotopic (exact) mass is 309 g/mol. The van der Waals surface area contributed by atoms with Gasteiger partial charge in [-0.3, -0.25) is 0 Å². The largest absolute Gasteiger partial charge is 0.370 e. The highest BCUT2D eigenvalue weighted by Gasteiger charge is 2.18. The smallest absolute Gasteiger partial charge is 0.347 e. The molecule has 0 aliphatic carbocycles. The van der Waals surface area contributed by atoms with Crippen molar-refractivity contribution in [1.82, 2.24) is 9.97 Å². The third-order valence-electron chi connectivity index (χ3n) is 3.38. The highest BCUT2D eigenvalue weighted by Crippen LogP contribution is 2.34. The summed E-state index contributed by atoms with van der Waals surface area (Å²) in [6, 6.07) is 5.22. The van der Waals surface area contributed by atoms with Crippen LogP contribution in [0.3, 0.4) is 0 Å². The lowest BCUT2D eigenvalue weighted by Crippen LogP contribution is -2.17. The summed E-state index contributed by atoms with van der Waals surface area (Å²) in [5.74, 6) is 0.650. The van der Waals surface area contributed by atoms with Gasteiger partial charge in [-0.15, -0.1) is 0 Å². The van der Waals surface area contributed by atoms with E-state index in [4.69, 9.17) is 23.2 Å². The first-order valence-corrected chi connectivity index (χ1v) is 7.23. The Balaban J connectivity index is 2.25. The van der Waals surface area contributed by atoms with Gasteiger partial charge in [-0.2, -0.15) is 4.98 Å². The number of benzene rings is 1. The lowest BCUT2D eigenvalue weighted by atomic mass is 10.0. The van der Waals surface area contributed by atoms with Crippen molar-refractivity contribution in [1.29, 1.82) is 0 Å². The number of nitrogens with zero attached hydrogens (tertiary/aromatic N) is 1. The molecule has 0 atom stereocenters. The second kappa shape index (κ2) is 5.46. The lowest BCUT2D eigenvalue weighted by molar-refractivity contribution is 0.785. The summed E-state index contributed by atoms with van der Waals surface area (Å²) >= 11 is 12.3. The maximum Gasteiger partial charge on any atom is 0.347 e. The van der Waals surface area contributed by atoms with Crippen LogP contribution in [-0.2, 0) is 6.42 Å². The number of nitrogens with one attached hydrogen (secondary N) is 2. The maximum absolute atomic E-state index is 11.8. The zero-order valence-corrected chi connectivity index (χ0v) is 12.2. The van der Waals surface area contributed by atoms with Crippen LogP contribution >= 0.6 is 23.2 Å². The van der Waals surface area contributed by atoms with Crippen molar-refractivity contribution in [3.05, 3.63) is 44.3 Å². The zero-order chi connectivity index (χ0) is 14.1. The van der Waals surface area contributed by atoms with Gasteiger partial charge in [-0.05, 0) is 37.5 Å². The molecule has 0 amide bonds. The Morgan fingerprint density at radius 2 is 2.05 bits per heavy atom. The fourth-order valence-corrected chi connectivity index (χ4v) is 2.82. The van der Waals surface area contributed by atoms with Crippen LogP contribution in [0, 0.1) is 0 Å². The van der Waals surface area contributed by atoms with Crippen molar-refractivity contribution in [3.8, 4) is 11.3 Å². The van der Waals surface area contributed by atoms with E-state index in [2.05, 4.69) is 15.3 Å². The first-order valence-electron chi connectivity index (χ1n) is 6.47. The minimum Gasteiger partial charge on any atom is -0.370 e. The Bertz CT molecular complexity index is 712. The number of anilines is 1. The third kappa shape index (κ3) is 2.53. The van der Waals surface area contributed by atoms with Crippen LogP contribution in [0.4, 0.5) is 5.82 Å². The second-order valence-electron chi connectivity index (χ2n) is 4.75. The molecular weight excluding hydrogens is 297 g/mol. The Morgan fingerprint density at radius 1 is 1.20 bits per heavy atom. The zero-order valence-electron chi connectivity index (χ0n) is 10.7. The number of aromatic amines is 1. The molecule has 0 saturated carbocycles. The number of fused-ring (bicyclic) bond motifs is 1. The van der Waals surface area contributed by atoms with Crippen LogP contribution in [0.15, 0.2) is 23.0 Å². The Kier molecular flexibility index (Phi) is 3.68. The average Bonchev–Trinajstić information content (AvgIpc) is 2.66. The SMILES string of the molecule is O=c1nc2c(c(-c3cc(Cl)ccc3Cl)[nH]1)CCCCN2. The Labute approximate surface area is 126 Å². The van der Waals surface area contributed by atoms with Crippen molar-refractivity contribution < 1.29 is 0 Å². The van der Waals surface area contributed by atoms with Crippen LogP contribution in [0.1, 0.15) is 18.4 Å². The predicted molar refractivity (Wildman–Crippen MR) is 81.7 cm³/mol. The summed E-state index contributed by atoms with van der Waals surface area (Å²) in [7, 11) is 0. The quantitative estimate of drug-likeness (QED) is 0.847. The Hall–Kier alpha value is -1.52. The molecule has 3 rings (SSSR count). The van der Waals surface area contributed by atoms with E-state index in [1.54, 1.807) is 18.2 Å². The molecular formula is C14H13Cl2N3O. The van der Waals surface area contributed by atoms with Crippen LogP contribution in [0.25, 0.3) is 11.3 Å². The van der Waals surface area contributed by atoms with Gasteiger partial charge in [0.15, 0.2) is 0 Å². The van der Waals surface area contributed by atoms with E-state index < -0.39 is 0 Å². The maximum atomic E-state index is 11.8. The normalized spacial score (nSPS) is 14.3. The molecule has 20 heavy (non-hydrogen) atoms. The van der Waals surface area contributed by atoms with Crippen molar-refractivity contribution in [3.63, 3.8) is 0 Å². The van der Waals surface area contributed by atoms with Crippen LogP contribution < -0.4 is 11.0 Å². The van der Waals surface area contributed by atoms with Crippen LogP contribution in [-0.4, -0.2) is 16.5 Å². The van der Waals surface area contributed by atoms with Gasteiger partial charge < -0.3 is 10.3 Å². The summed E-state index contributed by atoms with van der Waals surface area (Å²) in [6.45, 7) is 0.826. The van der Waals surface area contributed by atoms with E-state index in [1.807, 2.05) is 0 Å². The molecule has 2 N–H and O–H groups in total. The van der Waals surface area contributed by atoms with E-state index >= 15 is 0 Å². The van der Waals surface area contributed by atoms with Gasteiger partial charge in [0, 0.05) is 27.7 Å².